The SMILES string of the molecule is c1ccc(Cn2c(SCc3nnnn3-c3ccccc3)nnc2N2CCOCC2)cc1. The molecule has 2 aromatic carbocycles. The maximum Gasteiger partial charge on any atom is 0.228 e. The highest BCUT2D eigenvalue weighted by Gasteiger charge is 2.21. The number of para-hydroxylation sites is 1. The quantitative estimate of drug-likeness (QED) is 0.410. The summed E-state index contributed by atoms with van der Waals surface area (Å²) in [5, 5.41) is 22.1. The van der Waals surface area contributed by atoms with E-state index in [9.17, 15) is 0 Å². The normalized spacial score (nSPS) is 14.1. The number of benzene rings is 2. The van der Waals surface area contributed by atoms with Gasteiger partial charge < -0.3 is 9.64 Å². The lowest BCUT2D eigenvalue weighted by Gasteiger charge is -2.28. The van der Waals surface area contributed by atoms with E-state index in [4.69, 9.17) is 4.74 Å². The molecule has 0 amide bonds. The summed E-state index contributed by atoms with van der Waals surface area (Å²) in [7, 11) is 0. The minimum absolute atomic E-state index is 0.581. The number of anilines is 1. The standard InChI is InChI=1S/C21H22N8OS/c1-3-7-17(8-4-1)15-28-20(27-11-13-30-14-12-27)23-24-21(28)31-16-19-22-25-26-29(19)18-9-5-2-6-10-18/h1-10H,11-16H2. The molecule has 4 aromatic rings. The number of aromatic nitrogens is 7. The summed E-state index contributed by atoms with van der Waals surface area (Å²) >= 11 is 1.59. The molecule has 0 atom stereocenters. The van der Waals surface area contributed by atoms with E-state index >= 15 is 0 Å². The minimum atomic E-state index is 0.581. The number of tetrazole rings is 1. The van der Waals surface area contributed by atoms with E-state index in [0.29, 0.717) is 25.5 Å². The number of morpholine rings is 1. The van der Waals surface area contributed by atoms with Gasteiger partial charge in [-0.05, 0) is 28.1 Å². The summed E-state index contributed by atoms with van der Waals surface area (Å²) in [6, 6.07) is 20.2. The van der Waals surface area contributed by atoms with Gasteiger partial charge in [-0.25, -0.2) is 0 Å². The van der Waals surface area contributed by atoms with E-state index in [1.807, 2.05) is 36.4 Å². The lowest BCUT2D eigenvalue weighted by atomic mass is 10.2. The Kier molecular flexibility index (Phi) is 5.90. The molecule has 9 nitrogen and oxygen atoms in total. The van der Waals surface area contributed by atoms with E-state index in [-0.39, 0.29) is 0 Å². The molecule has 0 aliphatic carbocycles. The third-order valence-corrected chi connectivity index (χ3v) is 6.00. The van der Waals surface area contributed by atoms with E-state index < -0.39 is 0 Å². The molecule has 158 valence electrons. The molecule has 31 heavy (non-hydrogen) atoms. The molecule has 10 heteroatoms. The molecular weight excluding hydrogens is 412 g/mol. The van der Waals surface area contributed by atoms with E-state index in [2.05, 4.69) is 59.5 Å². The molecule has 0 saturated carbocycles. The van der Waals surface area contributed by atoms with E-state index in [1.54, 1.807) is 16.4 Å². The Labute approximate surface area is 184 Å². The van der Waals surface area contributed by atoms with Crippen LogP contribution < -0.4 is 4.90 Å². The third kappa shape index (κ3) is 4.44. The van der Waals surface area contributed by atoms with Crippen molar-refractivity contribution in [3.05, 3.63) is 72.1 Å². The van der Waals surface area contributed by atoms with Gasteiger partial charge in [0.05, 0.1) is 31.2 Å². The first-order valence-electron chi connectivity index (χ1n) is 10.1. The average molecular weight is 435 g/mol. The molecule has 0 spiro atoms. The Bertz CT molecular complexity index is 1110. The number of nitrogens with zero attached hydrogens (tertiary/aromatic N) is 8. The zero-order valence-electron chi connectivity index (χ0n) is 16.9. The first-order chi connectivity index (χ1) is 15.4. The van der Waals surface area contributed by atoms with Gasteiger partial charge in [-0.15, -0.1) is 15.3 Å². The zero-order chi connectivity index (χ0) is 20.9. The lowest BCUT2D eigenvalue weighted by molar-refractivity contribution is 0.121. The van der Waals surface area contributed by atoms with Crippen LogP contribution in [0, 0.1) is 0 Å². The van der Waals surface area contributed by atoms with Gasteiger partial charge in [0.15, 0.2) is 11.0 Å². The van der Waals surface area contributed by atoms with Crippen LogP contribution in [0.25, 0.3) is 5.69 Å². The molecule has 0 unspecified atom stereocenters. The van der Waals surface area contributed by atoms with Gasteiger partial charge in [-0.2, -0.15) is 4.68 Å². The van der Waals surface area contributed by atoms with Gasteiger partial charge in [0.2, 0.25) is 5.95 Å². The minimum Gasteiger partial charge on any atom is -0.378 e. The molecule has 1 fully saturated rings. The third-order valence-electron chi connectivity index (χ3n) is 5.04. The number of thioether (sulfide) groups is 1. The van der Waals surface area contributed by atoms with Crippen LogP contribution in [0.1, 0.15) is 11.4 Å². The molecule has 0 radical (unpaired) electrons. The van der Waals surface area contributed by atoms with Crippen molar-refractivity contribution in [2.75, 3.05) is 31.2 Å². The summed E-state index contributed by atoms with van der Waals surface area (Å²) in [6.45, 7) is 3.72. The van der Waals surface area contributed by atoms with Crippen LogP contribution in [0.5, 0.6) is 0 Å². The molecule has 1 aliphatic rings. The molecule has 5 rings (SSSR count). The van der Waals surface area contributed by atoms with Crippen LogP contribution >= 0.6 is 11.8 Å². The fourth-order valence-corrected chi connectivity index (χ4v) is 4.32. The smallest absolute Gasteiger partial charge is 0.228 e. The van der Waals surface area contributed by atoms with Crippen LogP contribution in [0.4, 0.5) is 5.95 Å². The number of hydrogen-bond acceptors (Lipinski definition) is 8. The van der Waals surface area contributed by atoms with Crippen molar-refractivity contribution in [3.63, 3.8) is 0 Å². The first-order valence-corrected chi connectivity index (χ1v) is 11.1. The van der Waals surface area contributed by atoms with Crippen LogP contribution in [-0.4, -0.2) is 61.3 Å². The van der Waals surface area contributed by atoms with Gasteiger partial charge in [0, 0.05) is 13.1 Å². The van der Waals surface area contributed by atoms with Gasteiger partial charge in [-0.3, -0.25) is 4.57 Å². The van der Waals surface area contributed by atoms with Crippen LogP contribution in [0.2, 0.25) is 0 Å². The second-order valence-corrected chi connectivity index (χ2v) is 8.03. The van der Waals surface area contributed by atoms with E-state index in [0.717, 1.165) is 35.7 Å². The largest absolute Gasteiger partial charge is 0.378 e. The van der Waals surface area contributed by atoms with Crippen LogP contribution in [0.15, 0.2) is 65.8 Å². The molecular formula is C21H22N8OS. The molecule has 0 N–H and O–H groups in total. The zero-order valence-corrected chi connectivity index (χ0v) is 17.7. The lowest BCUT2D eigenvalue weighted by Crippen LogP contribution is -2.38. The summed E-state index contributed by atoms with van der Waals surface area (Å²) in [5.74, 6) is 2.22. The summed E-state index contributed by atoms with van der Waals surface area (Å²) in [6.07, 6.45) is 0. The van der Waals surface area contributed by atoms with Gasteiger partial charge in [0.25, 0.3) is 0 Å². The first kappa shape index (κ1) is 19.7. The Morgan fingerprint density at radius 2 is 1.61 bits per heavy atom. The Morgan fingerprint density at radius 3 is 2.39 bits per heavy atom. The maximum atomic E-state index is 5.51. The number of rotatable bonds is 7. The highest BCUT2D eigenvalue weighted by atomic mass is 32.2. The van der Waals surface area contributed by atoms with Crippen molar-refractivity contribution in [3.8, 4) is 5.69 Å². The van der Waals surface area contributed by atoms with Gasteiger partial charge >= 0.3 is 0 Å². The van der Waals surface area contributed by atoms with Gasteiger partial charge in [0.1, 0.15) is 0 Å². The second kappa shape index (κ2) is 9.27. The summed E-state index contributed by atoms with van der Waals surface area (Å²) < 4.78 is 9.43. The summed E-state index contributed by atoms with van der Waals surface area (Å²) in [5.41, 5.74) is 2.13. The average Bonchev–Trinajstić information content (AvgIpc) is 3.46. The maximum absolute atomic E-state index is 5.51. The fourth-order valence-electron chi connectivity index (χ4n) is 3.48. The Hall–Kier alpha value is -3.24. The van der Waals surface area contributed by atoms with Gasteiger partial charge in [-0.1, -0.05) is 60.3 Å². The predicted molar refractivity (Wildman–Crippen MR) is 117 cm³/mol. The topological polar surface area (TPSA) is 86.8 Å². The van der Waals surface area contributed by atoms with Crippen molar-refractivity contribution in [2.45, 2.75) is 17.5 Å². The second-order valence-electron chi connectivity index (χ2n) is 7.08. The van der Waals surface area contributed by atoms with Crippen molar-refractivity contribution in [1.82, 2.24) is 35.0 Å². The van der Waals surface area contributed by atoms with Crippen molar-refractivity contribution < 1.29 is 4.74 Å². The highest BCUT2D eigenvalue weighted by Crippen LogP contribution is 2.26. The molecule has 3 heterocycles. The van der Waals surface area contributed by atoms with Crippen LogP contribution in [0.3, 0.4) is 0 Å². The van der Waals surface area contributed by atoms with Crippen LogP contribution in [-0.2, 0) is 17.0 Å². The number of hydrogen-bond donors (Lipinski definition) is 0. The molecule has 0 bridgehead atoms. The van der Waals surface area contributed by atoms with Crippen molar-refractivity contribution in [2.24, 2.45) is 0 Å². The Balaban J connectivity index is 1.40. The van der Waals surface area contributed by atoms with Crippen molar-refractivity contribution in [1.29, 1.82) is 0 Å². The monoisotopic (exact) mass is 434 g/mol. The number of ether oxygens (including phenoxy) is 1. The molecule has 1 saturated heterocycles. The highest BCUT2D eigenvalue weighted by molar-refractivity contribution is 7.98. The van der Waals surface area contributed by atoms with E-state index in [1.165, 1.54) is 5.56 Å². The Morgan fingerprint density at radius 1 is 0.871 bits per heavy atom. The molecule has 2 aromatic heterocycles. The van der Waals surface area contributed by atoms with Crippen molar-refractivity contribution >= 4 is 17.7 Å². The predicted octanol–water partition coefficient (Wildman–Crippen LogP) is 2.43. The molecule has 1 aliphatic heterocycles. The fraction of sp³-hybridized carbons (Fsp3) is 0.286. The summed E-state index contributed by atoms with van der Waals surface area (Å²) in [4.78, 5) is 2.23.